The van der Waals surface area contributed by atoms with E-state index in [1.54, 1.807) is 12.1 Å². The number of phenolic OH excluding ortho intramolecular Hbond substituents is 1. The molecule has 0 heterocycles. The van der Waals surface area contributed by atoms with Gasteiger partial charge in [-0.2, -0.15) is 5.26 Å². The zero-order valence-corrected chi connectivity index (χ0v) is 8.48. The predicted octanol–water partition coefficient (Wildman–Crippen LogP) is 2.79. The van der Waals surface area contributed by atoms with Gasteiger partial charge in [0.2, 0.25) is 0 Å². The Kier molecular flexibility index (Phi) is 2.53. The molecular weight excluding hydrogens is 274 g/mol. The van der Waals surface area contributed by atoms with E-state index in [0.717, 1.165) is 0 Å². The highest BCUT2D eigenvalue weighted by atomic mass is 79.9. The van der Waals surface area contributed by atoms with Gasteiger partial charge in [-0.1, -0.05) is 0 Å². The average Bonchev–Trinajstić information content (AvgIpc) is 2.01. The molecule has 0 bridgehead atoms. The first-order valence-electron chi connectivity index (χ1n) is 2.74. The maximum Gasteiger partial charge on any atom is 0.145 e. The van der Waals surface area contributed by atoms with Gasteiger partial charge in [-0.15, -0.1) is 0 Å². The molecule has 0 unspecified atom stereocenters. The Hall–Kier alpha value is -0.530. The van der Waals surface area contributed by atoms with Gasteiger partial charge in [-0.25, -0.2) is 0 Å². The minimum atomic E-state index is 0.0593. The van der Waals surface area contributed by atoms with Gasteiger partial charge in [-0.05, 0) is 44.0 Å². The molecule has 0 saturated carbocycles. The molecule has 4 heteroatoms. The van der Waals surface area contributed by atoms with Crippen LogP contribution < -0.4 is 0 Å². The maximum absolute atomic E-state index is 9.27. The smallest absolute Gasteiger partial charge is 0.145 e. The van der Waals surface area contributed by atoms with Crippen LogP contribution in [0.4, 0.5) is 0 Å². The number of nitriles is 1. The highest BCUT2D eigenvalue weighted by molar-refractivity contribution is 9.11. The van der Waals surface area contributed by atoms with Crippen LogP contribution in [0, 0.1) is 11.3 Å². The average molecular weight is 277 g/mol. The van der Waals surface area contributed by atoms with Crippen LogP contribution in [0.5, 0.6) is 5.75 Å². The van der Waals surface area contributed by atoms with Gasteiger partial charge in [0.15, 0.2) is 0 Å². The molecule has 56 valence electrons. The molecule has 1 aromatic carbocycles. The minimum absolute atomic E-state index is 0.0593. The molecule has 0 saturated heterocycles. The van der Waals surface area contributed by atoms with Gasteiger partial charge in [0.25, 0.3) is 0 Å². The van der Waals surface area contributed by atoms with E-state index in [2.05, 4.69) is 31.9 Å². The zero-order chi connectivity index (χ0) is 8.43. The van der Waals surface area contributed by atoms with E-state index in [1.807, 2.05) is 6.07 Å². The van der Waals surface area contributed by atoms with Crippen LogP contribution in [0.1, 0.15) is 5.56 Å². The van der Waals surface area contributed by atoms with E-state index in [1.165, 1.54) is 0 Å². The molecule has 0 fully saturated rings. The summed E-state index contributed by atoms with van der Waals surface area (Å²) < 4.78 is 0.998. The van der Waals surface area contributed by atoms with Crippen LogP contribution in [-0.4, -0.2) is 5.11 Å². The van der Waals surface area contributed by atoms with Crippen LogP contribution in [0.3, 0.4) is 0 Å². The van der Waals surface area contributed by atoms with E-state index < -0.39 is 0 Å². The second-order valence-corrected chi connectivity index (χ2v) is 3.52. The fraction of sp³-hybridized carbons (Fsp3) is 0. The molecule has 1 N–H and O–H groups in total. The first kappa shape index (κ1) is 8.57. The summed E-state index contributed by atoms with van der Waals surface area (Å²) in [7, 11) is 0. The van der Waals surface area contributed by atoms with Crippen molar-refractivity contribution in [1.29, 1.82) is 5.26 Å². The number of halogens is 2. The summed E-state index contributed by atoms with van der Waals surface area (Å²) in [6.07, 6.45) is 0. The summed E-state index contributed by atoms with van der Waals surface area (Å²) in [5, 5.41) is 17.8. The Morgan fingerprint density at radius 1 is 1.36 bits per heavy atom. The van der Waals surface area contributed by atoms with Gasteiger partial charge >= 0.3 is 0 Å². The van der Waals surface area contributed by atoms with Crippen LogP contribution in [0.15, 0.2) is 21.1 Å². The summed E-state index contributed by atoms with van der Waals surface area (Å²) in [6, 6.07) is 5.18. The minimum Gasteiger partial charge on any atom is -0.506 e. The summed E-state index contributed by atoms with van der Waals surface area (Å²) in [6.45, 7) is 0. The Balaban J connectivity index is 3.40. The molecule has 0 radical (unpaired) electrons. The molecule has 0 aliphatic heterocycles. The molecule has 0 atom stereocenters. The number of phenols is 1. The normalized spacial score (nSPS) is 9.18. The fourth-order valence-electron chi connectivity index (χ4n) is 0.627. The second kappa shape index (κ2) is 3.24. The lowest BCUT2D eigenvalue weighted by Crippen LogP contribution is -1.78. The van der Waals surface area contributed by atoms with Crippen molar-refractivity contribution in [3.05, 3.63) is 26.6 Å². The van der Waals surface area contributed by atoms with Gasteiger partial charge in [0.05, 0.1) is 14.5 Å². The largest absolute Gasteiger partial charge is 0.506 e. The van der Waals surface area contributed by atoms with Crippen molar-refractivity contribution < 1.29 is 5.11 Å². The molecule has 0 amide bonds. The first-order valence-corrected chi connectivity index (χ1v) is 4.32. The Morgan fingerprint density at radius 2 is 2.00 bits per heavy atom. The lowest BCUT2D eigenvalue weighted by Gasteiger charge is -1.99. The van der Waals surface area contributed by atoms with Crippen molar-refractivity contribution in [2.75, 3.05) is 0 Å². The first-order chi connectivity index (χ1) is 5.16. The third kappa shape index (κ3) is 1.55. The third-order valence-electron chi connectivity index (χ3n) is 1.19. The number of hydrogen-bond acceptors (Lipinski definition) is 2. The van der Waals surface area contributed by atoms with Gasteiger partial charge in [-0.3, -0.25) is 0 Å². The molecule has 0 aliphatic rings. The van der Waals surface area contributed by atoms with E-state index in [-0.39, 0.29) is 5.75 Å². The number of rotatable bonds is 0. The Morgan fingerprint density at radius 3 is 2.55 bits per heavy atom. The Bertz CT molecular complexity index is 330. The van der Waals surface area contributed by atoms with Gasteiger partial charge < -0.3 is 5.11 Å². The molecule has 0 aromatic heterocycles. The lowest BCUT2D eigenvalue weighted by atomic mass is 10.2. The van der Waals surface area contributed by atoms with Crippen molar-refractivity contribution in [1.82, 2.24) is 0 Å². The molecule has 1 rings (SSSR count). The maximum atomic E-state index is 9.27. The van der Waals surface area contributed by atoms with E-state index >= 15 is 0 Å². The Labute approximate surface area is 80.7 Å². The number of hydrogen-bond donors (Lipinski definition) is 1. The van der Waals surface area contributed by atoms with E-state index in [9.17, 15) is 5.11 Å². The van der Waals surface area contributed by atoms with Crippen molar-refractivity contribution in [3.63, 3.8) is 0 Å². The highest BCUT2D eigenvalue weighted by Gasteiger charge is 2.06. The van der Waals surface area contributed by atoms with Crippen molar-refractivity contribution >= 4 is 31.9 Å². The second-order valence-electron chi connectivity index (χ2n) is 1.87. The van der Waals surface area contributed by atoms with Crippen molar-refractivity contribution in [3.8, 4) is 11.8 Å². The van der Waals surface area contributed by atoms with Crippen LogP contribution in [0.2, 0.25) is 0 Å². The third-order valence-corrected chi connectivity index (χ3v) is 2.63. The van der Waals surface area contributed by atoms with Crippen LogP contribution in [0.25, 0.3) is 0 Å². The zero-order valence-electron chi connectivity index (χ0n) is 5.31. The number of benzene rings is 1. The summed E-state index contributed by atoms with van der Waals surface area (Å²) >= 11 is 6.21. The topological polar surface area (TPSA) is 44.0 Å². The van der Waals surface area contributed by atoms with Crippen LogP contribution >= 0.6 is 31.9 Å². The van der Waals surface area contributed by atoms with E-state index in [0.29, 0.717) is 14.5 Å². The quantitative estimate of drug-likeness (QED) is 0.792. The number of aromatic hydroxyl groups is 1. The monoisotopic (exact) mass is 275 g/mol. The molecule has 1 aromatic rings. The molecule has 0 aliphatic carbocycles. The van der Waals surface area contributed by atoms with Crippen molar-refractivity contribution in [2.24, 2.45) is 0 Å². The SMILES string of the molecule is N#Cc1ccc(Br)c(O)c1Br. The summed E-state index contributed by atoms with van der Waals surface area (Å²) in [4.78, 5) is 0. The van der Waals surface area contributed by atoms with Gasteiger partial charge in [0, 0.05) is 0 Å². The fourth-order valence-corrected chi connectivity index (χ4v) is 1.66. The predicted molar refractivity (Wildman–Crippen MR) is 48.2 cm³/mol. The molecular formula is C7H3Br2NO. The lowest BCUT2D eigenvalue weighted by molar-refractivity contribution is 0.468. The van der Waals surface area contributed by atoms with Crippen molar-refractivity contribution in [2.45, 2.75) is 0 Å². The summed E-state index contributed by atoms with van der Waals surface area (Å²) in [5.41, 5.74) is 0.422. The molecule has 2 nitrogen and oxygen atoms in total. The number of nitrogens with zero attached hydrogens (tertiary/aromatic N) is 1. The van der Waals surface area contributed by atoms with Gasteiger partial charge in [0.1, 0.15) is 11.8 Å². The molecule has 0 spiro atoms. The highest BCUT2D eigenvalue weighted by Crippen LogP contribution is 2.34. The standard InChI is InChI=1S/C7H3Br2NO/c8-5-2-1-4(3-10)6(9)7(5)11/h1-2,11H. The summed E-state index contributed by atoms with van der Waals surface area (Å²) in [5.74, 6) is 0.0593. The molecule has 11 heavy (non-hydrogen) atoms. The van der Waals surface area contributed by atoms with Crippen LogP contribution in [-0.2, 0) is 0 Å². The van der Waals surface area contributed by atoms with E-state index in [4.69, 9.17) is 5.26 Å².